The Kier molecular flexibility index (Phi) is 10.3. The summed E-state index contributed by atoms with van der Waals surface area (Å²) in [6.45, 7) is 8.51. The smallest absolute Gasteiger partial charge is 0.0935 e. The fraction of sp³-hybridized carbons (Fsp3) is 0.0741. The summed E-state index contributed by atoms with van der Waals surface area (Å²) in [5, 5.41) is 3.85. The minimum Gasteiger partial charge on any atom is -0.354 e. The summed E-state index contributed by atoms with van der Waals surface area (Å²) in [5.41, 5.74) is 17.2. The van der Waals surface area contributed by atoms with Gasteiger partial charge in [0.1, 0.15) is 0 Å². The number of aryl methyl sites for hydroxylation is 4. The van der Waals surface area contributed by atoms with Crippen LogP contribution in [0.1, 0.15) is 50.6 Å². The number of nitrogens with one attached hydrogen (secondary N) is 4. The highest BCUT2D eigenvalue weighted by Gasteiger charge is 2.22. The van der Waals surface area contributed by atoms with Gasteiger partial charge >= 0.3 is 0 Å². The van der Waals surface area contributed by atoms with E-state index in [1.807, 2.05) is 0 Å². The lowest BCUT2D eigenvalue weighted by atomic mass is 10.0. The molecule has 0 amide bonds. The minimum absolute atomic E-state index is 0.931. The van der Waals surface area contributed by atoms with Gasteiger partial charge in [0.2, 0.25) is 0 Å². The molecular formula is C54H44Br2N6. The van der Waals surface area contributed by atoms with E-state index in [-0.39, 0.29) is 0 Å². The molecule has 0 saturated carbocycles. The van der Waals surface area contributed by atoms with Gasteiger partial charge < -0.3 is 29.7 Å². The van der Waals surface area contributed by atoms with E-state index >= 15 is 0 Å². The van der Waals surface area contributed by atoms with Crippen LogP contribution in [0.4, 0.5) is 28.4 Å². The Morgan fingerprint density at radius 3 is 1.11 bits per heavy atom. The van der Waals surface area contributed by atoms with Gasteiger partial charge in [-0.25, -0.2) is 0 Å². The second-order valence-corrected chi connectivity index (χ2v) is 17.6. The third-order valence-electron chi connectivity index (χ3n) is 11.5. The quantitative estimate of drug-likeness (QED) is 0.129. The van der Waals surface area contributed by atoms with Gasteiger partial charge in [-0.1, -0.05) is 82.9 Å². The third-order valence-corrected chi connectivity index (χ3v) is 13.3. The molecule has 10 rings (SSSR count). The molecule has 1 aliphatic rings. The van der Waals surface area contributed by atoms with Crippen LogP contribution < -0.4 is 31.2 Å². The number of H-pyrrole nitrogens is 4. The van der Waals surface area contributed by atoms with Gasteiger partial charge in [0.05, 0.1) is 47.8 Å². The highest BCUT2D eigenvalue weighted by molar-refractivity contribution is 9.15. The van der Waals surface area contributed by atoms with Crippen LogP contribution in [0.5, 0.6) is 0 Å². The molecule has 0 radical (unpaired) electrons. The zero-order valence-corrected chi connectivity index (χ0v) is 38.0. The molecular weight excluding hydrogens is 892 g/mol. The van der Waals surface area contributed by atoms with E-state index in [2.05, 4.69) is 259 Å². The van der Waals surface area contributed by atoms with Crippen LogP contribution in [0.25, 0.3) is 20.2 Å². The van der Waals surface area contributed by atoms with Gasteiger partial charge in [-0.2, -0.15) is 0 Å². The van der Waals surface area contributed by atoms with Crippen LogP contribution in [0.2, 0.25) is 0 Å². The van der Waals surface area contributed by atoms with Gasteiger partial charge in [-0.15, -0.1) is 0 Å². The lowest BCUT2D eigenvalue weighted by Crippen LogP contribution is -2.26. The summed E-state index contributed by atoms with van der Waals surface area (Å²) in [5.74, 6) is 0. The summed E-state index contributed by atoms with van der Waals surface area (Å²) in [7, 11) is 0. The summed E-state index contributed by atoms with van der Waals surface area (Å²) >= 11 is 7.88. The van der Waals surface area contributed by atoms with Crippen LogP contribution >= 0.6 is 31.9 Å². The maximum Gasteiger partial charge on any atom is 0.0935 e. The molecule has 6 nitrogen and oxygen atoms in total. The number of rotatable bonds is 7. The molecule has 0 fully saturated rings. The number of nitrogens with zero attached hydrogens (tertiary/aromatic N) is 2. The van der Waals surface area contributed by atoms with E-state index in [4.69, 9.17) is 0 Å². The molecule has 4 N–H and O–H groups in total. The predicted octanol–water partition coefficient (Wildman–Crippen LogP) is 11.4. The topological polar surface area (TPSA) is 69.6 Å². The van der Waals surface area contributed by atoms with Crippen molar-refractivity contribution >= 4 is 80.5 Å². The number of hydrogen-bond donors (Lipinski definition) is 4. The van der Waals surface area contributed by atoms with Gasteiger partial charge in [0, 0.05) is 45.1 Å². The zero-order valence-electron chi connectivity index (χ0n) is 34.8. The standard InChI is InChI=1S/C54H44Br2N6/c1-33-5-15-38(16-6-33)61(39-17-7-34(2)8-18-39)40-23-13-37(14-24-40)51-43-25-27-45(57-43)52(55)46-28-29-47(59-46)53(56)48-30-32-50(60-48)54(49-31-26-44(51)58-49)62(41-19-9-35(3)10-20-41)42-21-11-36(4)12-22-42/h5-32,57-60H,1-4H3. The van der Waals surface area contributed by atoms with E-state index in [0.29, 0.717) is 0 Å². The number of benzene rings is 5. The number of anilines is 5. The molecule has 0 saturated heterocycles. The van der Waals surface area contributed by atoms with E-state index in [1.54, 1.807) is 0 Å². The van der Waals surface area contributed by atoms with Gasteiger partial charge in [-0.3, -0.25) is 0 Å². The van der Waals surface area contributed by atoms with Crippen LogP contribution in [0.3, 0.4) is 0 Å². The van der Waals surface area contributed by atoms with Crippen molar-refractivity contribution in [2.24, 2.45) is 0 Å². The molecule has 0 unspecified atom stereocenters. The average Bonchev–Trinajstić information content (AvgIpc) is 4.14. The first-order valence-electron chi connectivity index (χ1n) is 20.7. The van der Waals surface area contributed by atoms with E-state index in [0.717, 1.165) is 98.4 Å². The Labute approximate surface area is 377 Å². The molecule has 1 aliphatic heterocycles. The highest BCUT2D eigenvalue weighted by atomic mass is 79.9. The van der Waals surface area contributed by atoms with Gasteiger partial charge in [0.25, 0.3) is 0 Å². The monoisotopic (exact) mass is 934 g/mol. The first-order valence-corrected chi connectivity index (χ1v) is 22.3. The van der Waals surface area contributed by atoms with Gasteiger partial charge in [-0.05, 0) is 174 Å². The summed E-state index contributed by atoms with van der Waals surface area (Å²) in [6, 6.07) is 61.0. The fourth-order valence-corrected chi connectivity index (χ4v) is 9.12. The summed E-state index contributed by atoms with van der Waals surface area (Å²) in [6.07, 6.45) is 0. The second kappa shape index (κ2) is 16.3. The Morgan fingerprint density at radius 2 is 0.645 bits per heavy atom. The van der Waals surface area contributed by atoms with Crippen molar-refractivity contribution < 1.29 is 0 Å². The lowest BCUT2D eigenvalue weighted by molar-refractivity contribution is 1.16. The molecule has 5 heterocycles. The van der Waals surface area contributed by atoms with Gasteiger partial charge in [0.15, 0.2) is 0 Å². The summed E-state index contributed by atoms with van der Waals surface area (Å²) in [4.78, 5) is 19.8. The molecule has 8 bridgehead atoms. The van der Waals surface area contributed by atoms with Crippen LogP contribution in [0, 0.1) is 27.7 Å². The van der Waals surface area contributed by atoms with Crippen molar-refractivity contribution in [2.75, 3.05) is 9.80 Å². The predicted molar refractivity (Wildman–Crippen MR) is 264 cm³/mol. The fourth-order valence-electron chi connectivity index (χ4n) is 8.20. The van der Waals surface area contributed by atoms with E-state index in [9.17, 15) is 0 Å². The van der Waals surface area contributed by atoms with E-state index in [1.165, 1.54) is 22.3 Å². The van der Waals surface area contributed by atoms with Crippen molar-refractivity contribution in [3.8, 4) is 0 Å². The maximum atomic E-state index is 3.95. The van der Waals surface area contributed by atoms with Crippen molar-refractivity contribution in [3.05, 3.63) is 242 Å². The normalized spacial score (nSPS) is 12.5. The van der Waals surface area contributed by atoms with Crippen molar-refractivity contribution in [1.29, 1.82) is 0 Å². The molecule has 0 aliphatic carbocycles. The summed E-state index contributed by atoms with van der Waals surface area (Å²) < 4.78 is 1.87. The lowest BCUT2D eigenvalue weighted by Gasteiger charge is -2.27. The Balaban J connectivity index is 1.24. The molecule has 8 heteroatoms. The highest BCUT2D eigenvalue weighted by Crippen LogP contribution is 2.37. The number of fused-ring (bicyclic) bond motifs is 8. The van der Waals surface area contributed by atoms with Crippen LogP contribution in [-0.4, -0.2) is 19.9 Å². The number of aromatic amines is 4. The zero-order chi connectivity index (χ0) is 42.5. The Hall–Kier alpha value is -6.74. The second-order valence-electron chi connectivity index (χ2n) is 16.1. The minimum atomic E-state index is 0.931. The molecule has 4 aromatic heterocycles. The van der Waals surface area contributed by atoms with Crippen LogP contribution in [0.15, 0.2) is 170 Å². The molecule has 62 heavy (non-hydrogen) atoms. The molecule has 0 spiro atoms. The molecule has 9 aromatic rings. The maximum absolute atomic E-state index is 3.95. The third kappa shape index (κ3) is 7.50. The van der Waals surface area contributed by atoms with Crippen molar-refractivity contribution in [1.82, 2.24) is 19.9 Å². The SMILES string of the molecule is Cc1ccc(N(C2=c3ccc([nH]3)=C(c3ccc(N(c4ccc(C)cc4)c4ccc(C)cc4)cc3)c3ccc([nH]3)C(Br)=c3ccc([nH]3)=C(Br)c3ccc2[nH]3)c2ccc(C)cc2)cc1. The first kappa shape index (κ1) is 39.4. The number of hydrogen-bond acceptors (Lipinski definition) is 2. The molecule has 0 atom stereocenters. The molecule has 304 valence electrons. The number of aromatic nitrogens is 4. The average molecular weight is 937 g/mol. The molecule has 5 aromatic carbocycles. The van der Waals surface area contributed by atoms with Crippen molar-refractivity contribution in [3.63, 3.8) is 0 Å². The van der Waals surface area contributed by atoms with Crippen LogP contribution in [-0.2, 0) is 0 Å². The van der Waals surface area contributed by atoms with E-state index < -0.39 is 0 Å². The largest absolute Gasteiger partial charge is 0.354 e. The first-order chi connectivity index (χ1) is 30.2. The Morgan fingerprint density at radius 1 is 0.306 bits per heavy atom. The van der Waals surface area contributed by atoms with Crippen molar-refractivity contribution in [2.45, 2.75) is 27.7 Å². The Bertz CT molecular complexity index is 3240. The number of halogens is 2.